The quantitative estimate of drug-likeness (QED) is 0.332. The van der Waals surface area contributed by atoms with Gasteiger partial charge >= 0.3 is 0 Å². The number of hydrogen-bond donors (Lipinski definition) is 0. The summed E-state index contributed by atoms with van der Waals surface area (Å²) in [4.78, 5) is 0. The molecular formula is C16H17IS. The molecule has 0 atom stereocenters. The smallest absolute Gasteiger partial charge is 0.000462 e. The van der Waals surface area contributed by atoms with Crippen molar-refractivity contribution in [3.63, 3.8) is 0 Å². The lowest BCUT2D eigenvalue weighted by Gasteiger charge is -2.00. The highest BCUT2D eigenvalue weighted by molar-refractivity contribution is 14.1. The van der Waals surface area contributed by atoms with E-state index in [-0.39, 0.29) is 0 Å². The van der Waals surface area contributed by atoms with Gasteiger partial charge in [-0.3, -0.25) is 0 Å². The van der Waals surface area contributed by atoms with Crippen molar-refractivity contribution >= 4 is 40.0 Å². The average molecular weight is 368 g/mol. The Labute approximate surface area is 127 Å². The van der Waals surface area contributed by atoms with Crippen LogP contribution in [-0.2, 0) is 0 Å². The normalized spacial score (nSPS) is 11.2. The number of unbranched alkanes of at least 4 members (excludes halogenated alkanes) is 2. The van der Waals surface area contributed by atoms with E-state index in [1.54, 1.807) is 11.3 Å². The van der Waals surface area contributed by atoms with Gasteiger partial charge in [0.15, 0.2) is 0 Å². The van der Waals surface area contributed by atoms with Crippen LogP contribution in [0.25, 0.3) is 17.2 Å². The molecule has 0 spiro atoms. The van der Waals surface area contributed by atoms with Gasteiger partial charge in [-0.1, -0.05) is 52.9 Å². The number of thiophene rings is 1. The molecule has 0 radical (unpaired) electrons. The van der Waals surface area contributed by atoms with Gasteiger partial charge in [-0.2, -0.15) is 11.3 Å². The summed E-state index contributed by atoms with van der Waals surface area (Å²) in [7, 11) is 0. The van der Waals surface area contributed by atoms with E-state index in [0.29, 0.717) is 0 Å². The molecule has 94 valence electrons. The van der Waals surface area contributed by atoms with Crippen LogP contribution in [0.3, 0.4) is 0 Å². The summed E-state index contributed by atoms with van der Waals surface area (Å²) in [5.41, 5.74) is 3.93. The topological polar surface area (TPSA) is 0 Å². The lowest BCUT2D eigenvalue weighted by molar-refractivity contribution is 0.833. The van der Waals surface area contributed by atoms with E-state index in [1.807, 2.05) is 0 Å². The maximum atomic E-state index is 2.44. The standard InChI is InChI=1S/C16H17IS/c17-10-4-2-1-3-6-14-7-5-8-15(12-14)16-9-11-18-13-16/h3,5-9,11-13H,1-2,4,10H2. The number of allylic oxidation sites excluding steroid dienone is 1. The third-order valence-electron chi connectivity index (χ3n) is 2.81. The highest BCUT2D eigenvalue weighted by Gasteiger charge is 1.97. The molecule has 0 fully saturated rings. The van der Waals surface area contributed by atoms with E-state index in [1.165, 1.54) is 40.4 Å². The number of halogens is 1. The highest BCUT2D eigenvalue weighted by Crippen LogP contribution is 2.23. The molecule has 0 nitrogen and oxygen atoms in total. The second-order valence-corrected chi connectivity index (χ2v) is 6.08. The molecule has 18 heavy (non-hydrogen) atoms. The molecule has 1 aromatic heterocycles. The summed E-state index contributed by atoms with van der Waals surface area (Å²) >= 11 is 4.19. The van der Waals surface area contributed by atoms with Crippen molar-refractivity contribution in [1.82, 2.24) is 0 Å². The molecule has 0 N–H and O–H groups in total. The number of benzene rings is 1. The third-order valence-corrected chi connectivity index (χ3v) is 4.25. The van der Waals surface area contributed by atoms with E-state index in [9.17, 15) is 0 Å². The van der Waals surface area contributed by atoms with Gasteiger partial charge in [-0.25, -0.2) is 0 Å². The van der Waals surface area contributed by atoms with Crippen molar-refractivity contribution in [2.75, 3.05) is 4.43 Å². The van der Waals surface area contributed by atoms with E-state index in [0.717, 1.165) is 0 Å². The Hall–Kier alpha value is -0.610. The first-order chi connectivity index (χ1) is 8.90. The molecule has 2 heteroatoms. The molecule has 1 aromatic carbocycles. The van der Waals surface area contributed by atoms with Crippen LogP contribution in [0.2, 0.25) is 0 Å². The van der Waals surface area contributed by atoms with Crippen LogP contribution in [0.5, 0.6) is 0 Å². The van der Waals surface area contributed by atoms with E-state index in [4.69, 9.17) is 0 Å². The fraction of sp³-hybridized carbons (Fsp3) is 0.250. The monoisotopic (exact) mass is 368 g/mol. The first-order valence-corrected chi connectivity index (χ1v) is 8.72. The molecule has 0 aliphatic rings. The molecule has 0 saturated carbocycles. The molecule has 2 rings (SSSR count). The minimum absolute atomic E-state index is 1.19. The second kappa shape index (κ2) is 7.74. The molecule has 1 heterocycles. The fourth-order valence-corrected chi connectivity index (χ4v) is 3.03. The summed E-state index contributed by atoms with van der Waals surface area (Å²) < 4.78 is 1.26. The molecule has 0 bridgehead atoms. The number of hydrogen-bond acceptors (Lipinski definition) is 1. The van der Waals surface area contributed by atoms with Crippen LogP contribution < -0.4 is 0 Å². The SMILES string of the molecule is ICCCCC=Cc1cccc(-c2ccsc2)c1. The molecule has 0 aliphatic carbocycles. The summed E-state index contributed by atoms with van der Waals surface area (Å²) in [6.45, 7) is 0. The van der Waals surface area contributed by atoms with E-state index >= 15 is 0 Å². The van der Waals surface area contributed by atoms with Gasteiger partial charge < -0.3 is 0 Å². The maximum Gasteiger partial charge on any atom is -0.000462 e. The molecule has 0 aliphatic heterocycles. The van der Waals surface area contributed by atoms with Gasteiger partial charge in [0.05, 0.1) is 0 Å². The minimum Gasteiger partial charge on any atom is -0.152 e. The summed E-state index contributed by atoms with van der Waals surface area (Å²) in [5.74, 6) is 0. The summed E-state index contributed by atoms with van der Waals surface area (Å²) in [6, 6.07) is 10.9. The zero-order valence-electron chi connectivity index (χ0n) is 10.3. The fourth-order valence-electron chi connectivity index (χ4n) is 1.83. The Bertz CT molecular complexity index is 486. The zero-order chi connectivity index (χ0) is 12.6. The minimum atomic E-state index is 1.19. The van der Waals surface area contributed by atoms with Crippen LogP contribution >= 0.6 is 33.9 Å². The maximum absolute atomic E-state index is 2.44. The highest BCUT2D eigenvalue weighted by atomic mass is 127. The first kappa shape index (κ1) is 13.8. The lowest BCUT2D eigenvalue weighted by Crippen LogP contribution is -1.77. The van der Waals surface area contributed by atoms with Crippen LogP contribution in [0.15, 0.2) is 47.2 Å². The lowest BCUT2D eigenvalue weighted by atomic mass is 10.1. The van der Waals surface area contributed by atoms with Crippen molar-refractivity contribution in [1.29, 1.82) is 0 Å². The number of rotatable bonds is 6. The Kier molecular flexibility index (Phi) is 5.94. The van der Waals surface area contributed by atoms with E-state index in [2.05, 4.69) is 75.8 Å². The van der Waals surface area contributed by atoms with Gasteiger partial charge in [0.2, 0.25) is 0 Å². The van der Waals surface area contributed by atoms with Gasteiger partial charge in [-0.15, -0.1) is 0 Å². The average Bonchev–Trinajstić information content (AvgIpc) is 2.93. The second-order valence-electron chi connectivity index (χ2n) is 4.22. The van der Waals surface area contributed by atoms with Crippen LogP contribution in [0.1, 0.15) is 24.8 Å². The van der Waals surface area contributed by atoms with Crippen molar-refractivity contribution in [2.45, 2.75) is 19.3 Å². The van der Waals surface area contributed by atoms with Gasteiger partial charge in [0.1, 0.15) is 0 Å². The molecule has 2 aromatic rings. The molecule has 0 unspecified atom stereocenters. The Morgan fingerprint density at radius 3 is 2.83 bits per heavy atom. The summed E-state index contributed by atoms with van der Waals surface area (Å²) in [6.07, 6.45) is 8.33. The molecule has 0 amide bonds. The Balaban J connectivity index is 1.99. The van der Waals surface area contributed by atoms with Gasteiger partial charge in [-0.05, 0) is 63.3 Å². The van der Waals surface area contributed by atoms with E-state index < -0.39 is 0 Å². The number of alkyl halides is 1. The van der Waals surface area contributed by atoms with Crippen molar-refractivity contribution in [2.24, 2.45) is 0 Å². The van der Waals surface area contributed by atoms with Crippen molar-refractivity contribution in [3.8, 4) is 11.1 Å². The molecular weight excluding hydrogens is 351 g/mol. The van der Waals surface area contributed by atoms with Crippen LogP contribution in [0, 0.1) is 0 Å². The zero-order valence-corrected chi connectivity index (χ0v) is 13.3. The largest absolute Gasteiger partial charge is 0.152 e. The van der Waals surface area contributed by atoms with Gasteiger partial charge in [0.25, 0.3) is 0 Å². The van der Waals surface area contributed by atoms with Crippen molar-refractivity contribution in [3.05, 3.63) is 52.7 Å². The Morgan fingerprint density at radius 1 is 1.11 bits per heavy atom. The predicted octanol–water partition coefficient (Wildman–Crippen LogP) is 6.03. The first-order valence-electron chi connectivity index (χ1n) is 6.25. The summed E-state index contributed by atoms with van der Waals surface area (Å²) in [5, 5.41) is 4.32. The predicted molar refractivity (Wildman–Crippen MR) is 91.5 cm³/mol. The molecule has 0 saturated heterocycles. The van der Waals surface area contributed by atoms with Gasteiger partial charge in [0, 0.05) is 0 Å². The van der Waals surface area contributed by atoms with Crippen molar-refractivity contribution < 1.29 is 0 Å². The Morgan fingerprint density at radius 2 is 2.06 bits per heavy atom. The van der Waals surface area contributed by atoms with Crippen LogP contribution in [0.4, 0.5) is 0 Å². The van der Waals surface area contributed by atoms with Crippen LogP contribution in [-0.4, -0.2) is 4.43 Å². The third kappa shape index (κ3) is 4.25.